The van der Waals surface area contributed by atoms with Crippen LogP contribution in [-0.2, 0) is 0 Å². The molecule has 13 heavy (non-hydrogen) atoms. The van der Waals surface area contributed by atoms with Crippen LogP contribution in [0.2, 0.25) is 0 Å². The average Bonchev–Trinajstić information content (AvgIpc) is 2.14. The summed E-state index contributed by atoms with van der Waals surface area (Å²) in [4.78, 5) is 7.83. The molecule has 0 aromatic heterocycles. The van der Waals surface area contributed by atoms with Crippen molar-refractivity contribution >= 4 is 24.2 Å². The lowest BCUT2D eigenvalue weighted by atomic mass is 10.1. The molecule has 3 nitrogen and oxygen atoms in total. The fraction of sp³-hybridized carbons (Fsp3) is 0.556. The summed E-state index contributed by atoms with van der Waals surface area (Å²) in [5.41, 5.74) is 7.55. The molecule has 0 radical (unpaired) electrons. The van der Waals surface area contributed by atoms with E-state index in [0.29, 0.717) is 5.84 Å². The third-order valence-electron chi connectivity index (χ3n) is 1.77. The van der Waals surface area contributed by atoms with E-state index in [9.17, 15) is 0 Å². The molecule has 2 N–H and O–H groups in total. The Labute approximate surface area is 84.4 Å². The molecule has 0 aliphatic heterocycles. The highest BCUT2D eigenvalue weighted by molar-refractivity contribution is 6.18. The summed E-state index contributed by atoms with van der Waals surface area (Å²) in [6.07, 6.45) is 1.61. The van der Waals surface area contributed by atoms with Gasteiger partial charge in [-0.3, -0.25) is 9.98 Å². The first-order chi connectivity index (χ1) is 6.21. The van der Waals surface area contributed by atoms with Gasteiger partial charge in [-0.25, -0.2) is 0 Å². The summed E-state index contributed by atoms with van der Waals surface area (Å²) in [6, 6.07) is 0.184. The summed E-state index contributed by atoms with van der Waals surface area (Å²) in [5, 5.41) is 0. The SMILES string of the molecule is C=N/C(CC)=C(CC)\C(N)=N/CCl. The zero-order valence-corrected chi connectivity index (χ0v) is 8.93. The van der Waals surface area contributed by atoms with Gasteiger partial charge in [-0.05, 0) is 19.6 Å². The van der Waals surface area contributed by atoms with Crippen LogP contribution in [0.5, 0.6) is 0 Å². The number of halogens is 1. The standard InChI is InChI=1S/C9H16ClN3/c1-4-7(8(5-2)12-3)9(11)13-6-10/h3-6H2,1-2H3,(H2,11,13)/b8-7-. The Bertz CT molecular complexity index is 231. The summed E-state index contributed by atoms with van der Waals surface area (Å²) in [7, 11) is 0. The van der Waals surface area contributed by atoms with E-state index in [0.717, 1.165) is 24.1 Å². The van der Waals surface area contributed by atoms with Crippen molar-refractivity contribution in [3.05, 3.63) is 11.3 Å². The number of nitrogens with two attached hydrogens (primary N) is 1. The van der Waals surface area contributed by atoms with Crippen LogP contribution < -0.4 is 5.73 Å². The Balaban J connectivity index is 4.95. The lowest BCUT2D eigenvalue weighted by molar-refractivity contribution is 1.00. The highest BCUT2D eigenvalue weighted by Gasteiger charge is 2.05. The average molecular weight is 202 g/mol. The number of allylic oxidation sites excluding steroid dienone is 1. The fourth-order valence-corrected chi connectivity index (χ4v) is 1.24. The molecular weight excluding hydrogens is 186 g/mol. The molecule has 0 heterocycles. The number of hydrogen-bond acceptors (Lipinski definition) is 2. The van der Waals surface area contributed by atoms with Crippen LogP contribution in [0.4, 0.5) is 0 Å². The lowest BCUT2D eigenvalue weighted by Crippen LogP contribution is -2.16. The number of nitrogens with zero attached hydrogens (tertiary/aromatic N) is 2. The molecule has 0 bridgehead atoms. The molecule has 74 valence electrons. The topological polar surface area (TPSA) is 50.7 Å². The molecule has 0 aliphatic carbocycles. The molecule has 0 amide bonds. The number of amidine groups is 1. The Morgan fingerprint density at radius 3 is 2.31 bits per heavy atom. The quantitative estimate of drug-likeness (QED) is 0.316. The second-order valence-corrected chi connectivity index (χ2v) is 2.69. The van der Waals surface area contributed by atoms with Gasteiger partial charge < -0.3 is 5.73 Å². The van der Waals surface area contributed by atoms with Crippen molar-refractivity contribution < 1.29 is 0 Å². The third kappa shape index (κ3) is 3.59. The maximum Gasteiger partial charge on any atom is 0.124 e. The largest absolute Gasteiger partial charge is 0.384 e. The molecule has 0 atom stereocenters. The zero-order chi connectivity index (χ0) is 10.3. The maximum atomic E-state index is 5.71. The first kappa shape index (κ1) is 12.2. The van der Waals surface area contributed by atoms with Crippen molar-refractivity contribution in [3.8, 4) is 0 Å². The van der Waals surface area contributed by atoms with Crippen molar-refractivity contribution in [1.82, 2.24) is 0 Å². The van der Waals surface area contributed by atoms with Gasteiger partial charge in [0.25, 0.3) is 0 Å². The molecule has 0 rings (SSSR count). The number of aliphatic imine (C=N–C) groups is 2. The van der Waals surface area contributed by atoms with Crippen molar-refractivity contribution in [2.75, 3.05) is 6.00 Å². The molecule has 0 saturated carbocycles. The van der Waals surface area contributed by atoms with E-state index >= 15 is 0 Å². The van der Waals surface area contributed by atoms with Crippen LogP contribution in [-0.4, -0.2) is 18.6 Å². The van der Waals surface area contributed by atoms with Crippen LogP contribution >= 0.6 is 11.6 Å². The van der Waals surface area contributed by atoms with E-state index in [1.165, 1.54) is 0 Å². The predicted molar refractivity (Wildman–Crippen MR) is 59.5 cm³/mol. The minimum absolute atomic E-state index is 0.184. The molecule has 0 saturated heterocycles. The Morgan fingerprint density at radius 2 is 2.00 bits per heavy atom. The van der Waals surface area contributed by atoms with E-state index in [1.54, 1.807) is 0 Å². The molecular formula is C9H16ClN3. The molecule has 0 aromatic rings. The number of hydrogen-bond donors (Lipinski definition) is 1. The Hall–Kier alpha value is -0.830. The summed E-state index contributed by atoms with van der Waals surface area (Å²) >= 11 is 5.45. The fourth-order valence-electron chi connectivity index (χ4n) is 1.11. The highest BCUT2D eigenvalue weighted by atomic mass is 35.5. The second kappa shape index (κ2) is 6.66. The van der Waals surface area contributed by atoms with Crippen molar-refractivity contribution in [1.29, 1.82) is 0 Å². The van der Waals surface area contributed by atoms with Crippen LogP contribution in [0.25, 0.3) is 0 Å². The Kier molecular flexibility index (Phi) is 6.24. The third-order valence-corrected chi connectivity index (χ3v) is 1.89. The number of alkyl halides is 1. The van der Waals surface area contributed by atoms with Crippen LogP contribution in [0.15, 0.2) is 21.3 Å². The first-order valence-corrected chi connectivity index (χ1v) is 4.79. The predicted octanol–water partition coefficient (Wildman–Crippen LogP) is 2.31. The molecule has 0 aromatic carbocycles. The molecule has 0 aliphatic rings. The van der Waals surface area contributed by atoms with Crippen molar-refractivity contribution in [3.63, 3.8) is 0 Å². The van der Waals surface area contributed by atoms with Gasteiger partial charge in [-0.1, -0.05) is 13.8 Å². The monoisotopic (exact) mass is 201 g/mol. The maximum absolute atomic E-state index is 5.71. The van der Waals surface area contributed by atoms with Gasteiger partial charge in [0.2, 0.25) is 0 Å². The van der Waals surface area contributed by atoms with E-state index in [-0.39, 0.29) is 6.00 Å². The minimum Gasteiger partial charge on any atom is -0.384 e. The smallest absolute Gasteiger partial charge is 0.124 e. The zero-order valence-electron chi connectivity index (χ0n) is 8.18. The Morgan fingerprint density at radius 1 is 1.38 bits per heavy atom. The van der Waals surface area contributed by atoms with Gasteiger partial charge in [0, 0.05) is 11.3 Å². The van der Waals surface area contributed by atoms with Gasteiger partial charge in [0.05, 0.1) is 0 Å². The summed E-state index contributed by atoms with van der Waals surface area (Å²) in [6.45, 7) is 7.51. The van der Waals surface area contributed by atoms with E-state index in [4.69, 9.17) is 17.3 Å². The number of rotatable bonds is 5. The lowest BCUT2D eigenvalue weighted by Gasteiger charge is -2.07. The summed E-state index contributed by atoms with van der Waals surface area (Å²) in [5.74, 6) is 0.474. The van der Waals surface area contributed by atoms with Crippen molar-refractivity contribution in [2.24, 2.45) is 15.7 Å². The van der Waals surface area contributed by atoms with Gasteiger partial charge >= 0.3 is 0 Å². The van der Waals surface area contributed by atoms with Gasteiger partial charge in [0.15, 0.2) is 0 Å². The highest BCUT2D eigenvalue weighted by Crippen LogP contribution is 2.13. The molecule has 0 unspecified atom stereocenters. The van der Waals surface area contributed by atoms with Crippen molar-refractivity contribution in [2.45, 2.75) is 26.7 Å². The van der Waals surface area contributed by atoms with Crippen LogP contribution in [0.3, 0.4) is 0 Å². The normalized spacial score (nSPS) is 13.9. The summed E-state index contributed by atoms with van der Waals surface area (Å²) < 4.78 is 0. The van der Waals surface area contributed by atoms with E-state index in [2.05, 4.69) is 16.7 Å². The minimum atomic E-state index is 0.184. The van der Waals surface area contributed by atoms with Gasteiger partial charge in [-0.15, -0.1) is 11.6 Å². The molecule has 0 fully saturated rings. The van der Waals surface area contributed by atoms with Gasteiger partial charge in [0.1, 0.15) is 11.8 Å². The van der Waals surface area contributed by atoms with Crippen LogP contribution in [0, 0.1) is 0 Å². The molecule has 4 heteroatoms. The molecule has 0 spiro atoms. The van der Waals surface area contributed by atoms with E-state index < -0.39 is 0 Å². The van der Waals surface area contributed by atoms with E-state index in [1.807, 2.05) is 13.8 Å². The first-order valence-electron chi connectivity index (χ1n) is 4.26. The van der Waals surface area contributed by atoms with Crippen LogP contribution in [0.1, 0.15) is 26.7 Å². The van der Waals surface area contributed by atoms with Gasteiger partial charge in [-0.2, -0.15) is 0 Å². The second-order valence-electron chi connectivity index (χ2n) is 2.45.